The average Bonchev–Trinajstić information content (AvgIpc) is 2.18. The molecule has 0 saturated heterocycles. The van der Waals surface area contributed by atoms with Crippen LogP contribution in [0.1, 0.15) is 48.2 Å². The quantitative estimate of drug-likeness (QED) is 0.537. The maximum atomic E-state index is 11.8. The molecule has 0 heterocycles. The summed E-state index contributed by atoms with van der Waals surface area (Å²) in [6.45, 7) is 8.10. The van der Waals surface area contributed by atoms with Crippen molar-refractivity contribution in [3.8, 4) is 0 Å². The lowest BCUT2D eigenvalue weighted by Crippen LogP contribution is -2.00. The van der Waals surface area contributed by atoms with Crippen molar-refractivity contribution in [1.82, 2.24) is 0 Å². The zero-order chi connectivity index (χ0) is 11.4. The molecule has 0 spiro atoms. The van der Waals surface area contributed by atoms with E-state index in [0.717, 1.165) is 11.1 Å². The van der Waals surface area contributed by atoms with E-state index in [1.807, 2.05) is 26.0 Å². The first kappa shape index (κ1) is 11.7. The molecule has 0 fully saturated rings. The van der Waals surface area contributed by atoms with Gasteiger partial charge in [-0.3, -0.25) is 4.79 Å². The van der Waals surface area contributed by atoms with Gasteiger partial charge in [0.2, 0.25) is 0 Å². The third kappa shape index (κ3) is 2.79. The smallest absolute Gasteiger partial charge is 0.185 e. The van der Waals surface area contributed by atoms with E-state index in [9.17, 15) is 4.79 Å². The molecule has 0 saturated carbocycles. The van der Waals surface area contributed by atoms with Crippen LogP contribution >= 0.6 is 0 Å². The first-order valence-electron chi connectivity index (χ1n) is 5.33. The van der Waals surface area contributed by atoms with Crippen LogP contribution in [-0.4, -0.2) is 5.78 Å². The third-order valence-corrected chi connectivity index (χ3v) is 2.51. The number of benzene rings is 1. The van der Waals surface area contributed by atoms with E-state index in [-0.39, 0.29) is 5.78 Å². The molecule has 0 N–H and O–H groups in total. The lowest BCUT2D eigenvalue weighted by Gasteiger charge is -2.09. The first-order chi connectivity index (χ1) is 7.06. The molecule has 0 aliphatic heterocycles. The maximum Gasteiger partial charge on any atom is 0.185 e. The van der Waals surface area contributed by atoms with E-state index in [1.54, 1.807) is 12.2 Å². The van der Waals surface area contributed by atoms with Gasteiger partial charge in [-0.2, -0.15) is 0 Å². The Labute approximate surface area is 91.8 Å². The van der Waals surface area contributed by atoms with E-state index >= 15 is 0 Å². The average molecular weight is 202 g/mol. The van der Waals surface area contributed by atoms with Crippen LogP contribution in [0.5, 0.6) is 0 Å². The Kier molecular flexibility index (Phi) is 3.84. The number of allylic oxidation sites excluding steroid dienone is 2. The summed E-state index contributed by atoms with van der Waals surface area (Å²) in [7, 11) is 0. The molecule has 1 aromatic carbocycles. The maximum absolute atomic E-state index is 11.8. The molecule has 80 valence electrons. The van der Waals surface area contributed by atoms with Crippen LogP contribution in [0.3, 0.4) is 0 Å². The monoisotopic (exact) mass is 202 g/mol. The Bertz CT molecular complexity index is 386. The summed E-state index contributed by atoms with van der Waals surface area (Å²) in [6.07, 6.45) is 3.40. The van der Waals surface area contributed by atoms with Gasteiger partial charge in [-0.05, 0) is 43.0 Å². The van der Waals surface area contributed by atoms with Crippen molar-refractivity contribution in [1.29, 1.82) is 0 Å². The molecule has 0 unspecified atom stereocenters. The zero-order valence-corrected chi connectivity index (χ0v) is 9.87. The van der Waals surface area contributed by atoms with Crippen molar-refractivity contribution < 1.29 is 4.79 Å². The van der Waals surface area contributed by atoms with Gasteiger partial charge in [0, 0.05) is 5.56 Å². The number of ketones is 1. The standard InChI is InChI=1S/C14H18O/c1-5-6-14(15)13-9-12(10(2)3)8-7-11(13)4/h5-10H,1-4H3/b6-5+. The Balaban J connectivity index is 3.16. The number of carbonyl (C=O) groups is 1. The number of hydrogen-bond donors (Lipinski definition) is 0. The van der Waals surface area contributed by atoms with Crippen molar-refractivity contribution in [3.63, 3.8) is 0 Å². The highest BCUT2D eigenvalue weighted by Gasteiger charge is 2.08. The lowest BCUT2D eigenvalue weighted by atomic mass is 9.96. The molecule has 15 heavy (non-hydrogen) atoms. The molecular formula is C14H18O. The predicted molar refractivity (Wildman–Crippen MR) is 64.4 cm³/mol. The topological polar surface area (TPSA) is 17.1 Å². The summed E-state index contributed by atoms with van der Waals surface area (Å²) in [5.41, 5.74) is 3.08. The molecule has 0 radical (unpaired) electrons. The Morgan fingerprint density at radius 2 is 2.00 bits per heavy atom. The van der Waals surface area contributed by atoms with Gasteiger partial charge >= 0.3 is 0 Å². The predicted octanol–water partition coefficient (Wildman–Crippen LogP) is 3.88. The fraction of sp³-hybridized carbons (Fsp3) is 0.357. The molecule has 0 atom stereocenters. The van der Waals surface area contributed by atoms with Crippen molar-refractivity contribution in [2.24, 2.45) is 0 Å². The highest BCUT2D eigenvalue weighted by Crippen LogP contribution is 2.19. The van der Waals surface area contributed by atoms with Crippen molar-refractivity contribution in [2.75, 3.05) is 0 Å². The zero-order valence-electron chi connectivity index (χ0n) is 9.87. The second-order valence-corrected chi connectivity index (χ2v) is 4.09. The largest absolute Gasteiger partial charge is 0.289 e. The van der Waals surface area contributed by atoms with Gasteiger partial charge in [0.1, 0.15) is 0 Å². The van der Waals surface area contributed by atoms with Gasteiger partial charge in [-0.25, -0.2) is 0 Å². The Morgan fingerprint density at radius 3 is 2.53 bits per heavy atom. The highest BCUT2D eigenvalue weighted by atomic mass is 16.1. The summed E-state index contributed by atoms with van der Waals surface area (Å²) >= 11 is 0. The SMILES string of the molecule is C/C=C/C(=O)c1cc(C(C)C)ccc1C. The van der Waals surface area contributed by atoms with Gasteiger partial charge in [0.25, 0.3) is 0 Å². The molecule has 0 aromatic heterocycles. The van der Waals surface area contributed by atoms with Crippen LogP contribution < -0.4 is 0 Å². The minimum atomic E-state index is 0.0949. The van der Waals surface area contributed by atoms with Gasteiger partial charge < -0.3 is 0 Å². The van der Waals surface area contributed by atoms with E-state index in [1.165, 1.54) is 5.56 Å². The van der Waals surface area contributed by atoms with Crippen LogP contribution in [0.2, 0.25) is 0 Å². The van der Waals surface area contributed by atoms with Gasteiger partial charge in [-0.1, -0.05) is 32.1 Å². The van der Waals surface area contributed by atoms with E-state index < -0.39 is 0 Å². The Morgan fingerprint density at radius 1 is 1.33 bits per heavy atom. The fourth-order valence-electron chi connectivity index (χ4n) is 1.51. The minimum absolute atomic E-state index is 0.0949. The molecule has 1 rings (SSSR count). The van der Waals surface area contributed by atoms with E-state index in [4.69, 9.17) is 0 Å². The lowest BCUT2D eigenvalue weighted by molar-refractivity contribution is 0.104. The molecule has 1 heteroatoms. The fourth-order valence-corrected chi connectivity index (χ4v) is 1.51. The molecule has 0 amide bonds. The second kappa shape index (κ2) is 4.92. The summed E-state index contributed by atoms with van der Waals surface area (Å²) < 4.78 is 0. The number of carbonyl (C=O) groups excluding carboxylic acids is 1. The normalized spacial score (nSPS) is 11.3. The minimum Gasteiger partial charge on any atom is -0.289 e. The second-order valence-electron chi connectivity index (χ2n) is 4.09. The third-order valence-electron chi connectivity index (χ3n) is 2.51. The van der Waals surface area contributed by atoms with E-state index in [0.29, 0.717) is 5.92 Å². The Hall–Kier alpha value is -1.37. The number of hydrogen-bond acceptors (Lipinski definition) is 1. The highest BCUT2D eigenvalue weighted by molar-refractivity contribution is 6.05. The molecule has 0 aliphatic carbocycles. The van der Waals surface area contributed by atoms with Crippen molar-refractivity contribution >= 4 is 5.78 Å². The van der Waals surface area contributed by atoms with Crippen LogP contribution in [0.4, 0.5) is 0 Å². The molecule has 1 aromatic rings. The van der Waals surface area contributed by atoms with Crippen LogP contribution in [0.25, 0.3) is 0 Å². The van der Waals surface area contributed by atoms with Gasteiger partial charge in [0.05, 0.1) is 0 Å². The number of aryl methyl sites for hydroxylation is 1. The summed E-state index contributed by atoms with van der Waals surface area (Å²) in [5, 5.41) is 0. The van der Waals surface area contributed by atoms with E-state index in [2.05, 4.69) is 19.9 Å². The van der Waals surface area contributed by atoms with Gasteiger partial charge in [-0.15, -0.1) is 0 Å². The molecule has 0 aliphatic rings. The molecule has 1 nitrogen and oxygen atoms in total. The van der Waals surface area contributed by atoms with Crippen LogP contribution in [0.15, 0.2) is 30.4 Å². The van der Waals surface area contributed by atoms with Crippen LogP contribution in [0, 0.1) is 6.92 Å². The molecular weight excluding hydrogens is 184 g/mol. The first-order valence-corrected chi connectivity index (χ1v) is 5.33. The summed E-state index contributed by atoms with van der Waals surface area (Å²) in [4.78, 5) is 11.8. The van der Waals surface area contributed by atoms with Crippen molar-refractivity contribution in [2.45, 2.75) is 33.6 Å². The molecule has 0 bridgehead atoms. The summed E-state index contributed by atoms with van der Waals surface area (Å²) in [5.74, 6) is 0.556. The summed E-state index contributed by atoms with van der Waals surface area (Å²) in [6, 6.07) is 6.11. The number of rotatable bonds is 3. The van der Waals surface area contributed by atoms with Crippen LogP contribution in [-0.2, 0) is 0 Å². The van der Waals surface area contributed by atoms with Gasteiger partial charge in [0.15, 0.2) is 5.78 Å². The van der Waals surface area contributed by atoms with Crippen molar-refractivity contribution in [3.05, 3.63) is 47.0 Å².